The van der Waals surface area contributed by atoms with Gasteiger partial charge in [-0.1, -0.05) is 41.9 Å². The second-order valence-corrected chi connectivity index (χ2v) is 5.81. The lowest BCUT2D eigenvalue weighted by Gasteiger charge is -2.19. The number of carbonyl (C=O) groups is 2. The molecule has 4 nitrogen and oxygen atoms in total. The van der Waals surface area contributed by atoms with Crippen molar-refractivity contribution in [1.82, 2.24) is 9.80 Å². The minimum absolute atomic E-state index is 0.204. The summed E-state index contributed by atoms with van der Waals surface area (Å²) in [4.78, 5) is 28.0. The van der Waals surface area contributed by atoms with Crippen LogP contribution in [0.5, 0.6) is 0 Å². The van der Waals surface area contributed by atoms with Crippen molar-refractivity contribution >= 4 is 40.7 Å². The number of hydrogen-bond donors (Lipinski definition) is 0. The molecule has 0 N–H and O–H groups in total. The first-order valence-electron chi connectivity index (χ1n) is 7.07. The summed E-state index contributed by atoms with van der Waals surface area (Å²) in [5.74, 6) is -0.492. The molecule has 0 radical (unpaired) electrons. The van der Waals surface area contributed by atoms with Gasteiger partial charge in [-0.25, -0.2) is 0 Å². The standard InChI is InChI=1S/C17H13ClN2O2S/c18-14-9-5-4-8-13(14)16(22)20-11-10-19(17(20)23)15(21)12-6-2-1-3-7-12/h1-9H,10-11H2. The first-order valence-corrected chi connectivity index (χ1v) is 7.85. The van der Waals surface area contributed by atoms with Gasteiger partial charge < -0.3 is 0 Å². The third-order valence-corrected chi connectivity index (χ3v) is 4.39. The van der Waals surface area contributed by atoms with Crippen molar-refractivity contribution in [3.8, 4) is 0 Å². The first-order chi connectivity index (χ1) is 11.1. The van der Waals surface area contributed by atoms with Crippen LogP contribution in [0.2, 0.25) is 5.02 Å². The van der Waals surface area contributed by atoms with Gasteiger partial charge in [0, 0.05) is 18.7 Å². The molecule has 23 heavy (non-hydrogen) atoms. The summed E-state index contributed by atoms with van der Waals surface area (Å²) in [6, 6.07) is 15.7. The van der Waals surface area contributed by atoms with Crippen molar-refractivity contribution in [2.24, 2.45) is 0 Å². The number of amides is 2. The smallest absolute Gasteiger partial charge is 0.261 e. The minimum Gasteiger partial charge on any atom is -0.283 e. The maximum Gasteiger partial charge on any atom is 0.261 e. The molecule has 0 atom stereocenters. The van der Waals surface area contributed by atoms with Gasteiger partial charge >= 0.3 is 0 Å². The van der Waals surface area contributed by atoms with Crippen molar-refractivity contribution in [2.75, 3.05) is 13.1 Å². The van der Waals surface area contributed by atoms with Crippen LogP contribution in [-0.4, -0.2) is 39.8 Å². The van der Waals surface area contributed by atoms with Gasteiger partial charge in [0.2, 0.25) is 0 Å². The van der Waals surface area contributed by atoms with Crippen molar-refractivity contribution < 1.29 is 9.59 Å². The van der Waals surface area contributed by atoms with Crippen LogP contribution in [0.15, 0.2) is 54.6 Å². The lowest BCUT2D eigenvalue weighted by molar-refractivity contribution is 0.0858. The second kappa shape index (κ2) is 6.48. The lowest BCUT2D eigenvalue weighted by atomic mass is 10.2. The van der Waals surface area contributed by atoms with E-state index in [1.165, 1.54) is 9.80 Å². The van der Waals surface area contributed by atoms with E-state index in [2.05, 4.69) is 0 Å². The second-order valence-electron chi connectivity index (χ2n) is 5.04. The monoisotopic (exact) mass is 344 g/mol. The van der Waals surface area contributed by atoms with Crippen LogP contribution in [0.4, 0.5) is 0 Å². The van der Waals surface area contributed by atoms with Crippen molar-refractivity contribution in [1.29, 1.82) is 0 Å². The summed E-state index contributed by atoms with van der Waals surface area (Å²) in [6.07, 6.45) is 0. The summed E-state index contributed by atoms with van der Waals surface area (Å²) in [5, 5.41) is 0.580. The Labute approximate surface area is 144 Å². The molecule has 0 aliphatic carbocycles. The van der Waals surface area contributed by atoms with Crippen LogP contribution < -0.4 is 0 Å². The number of carbonyl (C=O) groups excluding carboxylic acids is 2. The van der Waals surface area contributed by atoms with E-state index in [0.29, 0.717) is 29.2 Å². The zero-order valence-corrected chi connectivity index (χ0v) is 13.7. The topological polar surface area (TPSA) is 40.6 Å². The zero-order chi connectivity index (χ0) is 16.4. The summed E-state index contributed by atoms with van der Waals surface area (Å²) in [5.41, 5.74) is 0.924. The molecule has 1 saturated heterocycles. The Balaban J connectivity index is 1.81. The number of rotatable bonds is 2. The third kappa shape index (κ3) is 2.98. The van der Waals surface area contributed by atoms with Gasteiger partial charge in [-0.2, -0.15) is 0 Å². The van der Waals surface area contributed by atoms with Crippen molar-refractivity contribution in [2.45, 2.75) is 0 Å². The number of halogens is 1. The van der Waals surface area contributed by atoms with Crippen LogP contribution in [0.25, 0.3) is 0 Å². The largest absolute Gasteiger partial charge is 0.283 e. The van der Waals surface area contributed by atoms with Gasteiger partial charge in [0.1, 0.15) is 0 Å². The van der Waals surface area contributed by atoms with Gasteiger partial charge in [-0.15, -0.1) is 0 Å². The Hall–Kier alpha value is -2.24. The average Bonchev–Trinajstić information content (AvgIpc) is 2.96. The number of hydrogen-bond acceptors (Lipinski definition) is 3. The fourth-order valence-corrected chi connectivity index (χ4v) is 3.00. The number of nitrogens with zero attached hydrogens (tertiary/aromatic N) is 2. The van der Waals surface area contributed by atoms with Crippen molar-refractivity contribution in [3.05, 3.63) is 70.7 Å². The van der Waals surface area contributed by atoms with E-state index in [0.717, 1.165) is 0 Å². The summed E-state index contributed by atoms with van der Waals surface area (Å²) in [7, 11) is 0. The highest BCUT2D eigenvalue weighted by Crippen LogP contribution is 2.21. The normalized spacial score (nSPS) is 14.2. The SMILES string of the molecule is O=C(c1ccccc1)N1CCN(C(=O)c2ccccc2Cl)C1=S. The Kier molecular flexibility index (Phi) is 4.41. The van der Waals surface area contributed by atoms with E-state index in [1.807, 2.05) is 6.07 Å². The highest BCUT2D eigenvalue weighted by atomic mass is 35.5. The lowest BCUT2D eigenvalue weighted by Crippen LogP contribution is -2.38. The van der Waals surface area contributed by atoms with Crippen LogP contribution in [0.1, 0.15) is 20.7 Å². The molecule has 0 unspecified atom stereocenters. The molecule has 1 aliphatic rings. The van der Waals surface area contributed by atoms with Gasteiger partial charge in [-0.05, 0) is 36.5 Å². The molecule has 3 rings (SSSR count). The highest BCUT2D eigenvalue weighted by molar-refractivity contribution is 7.80. The van der Waals surface area contributed by atoms with E-state index in [9.17, 15) is 9.59 Å². The Bertz CT molecular complexity index is 779. The quantitative estimate of drug-likeness (QED) is 0.785. The predicted molar refractivity (Wildman–Crippen MR) is 92.6 cm³/mol. The van der Waals surface area contributed by atoms with E-state index >= 15 is 0 Å². The Morgan fingerprint density at radius 1 is 0.870 bits per heavy atom. The molecule has 116 valence electrons. The Morgan fingerprint density at radius 3 is 2.09 bits per heavy atom. The maximum absolute atomic E-state index is 12.6. The summed E-state index contributed by atoms with van der Waals surface area (Å²) in [6.45, 7) is 0.740. The van der Waals surface area contributed by atoms with Gasteiger partial charge in [0.05, 0.1) is 10.6 Å². The molecule has 0 saturated carbocycles. The molecule has 1 aliphatic heterocycles. The number of thiocarbonyl (C=S) groups is 1. The van der Waals surface area contributed by atoms with Crippen LogP contribution >= 0.6 is 23.8 Å². The van der Waals surface area contributed by atoms with Gasteiger partial charge in [-0.3, -0.25) is 19.4 Å². The third-order valence-electron chi connectivity index (χ3n) is 3.62. The van der Waals surface area contributed by atoms with Crippen molar-refractivity contribution in [3.63, 3.8) is 0 Å². The average molecular weight is 345 g/mol. The maximum atomic E-state index is 12.6. The zero-order valence-electron chi connectivity index (χ0n) is 12.1. The molecule has 6 heteroatoms. The molecule has 2 aromatic carbocycles. The van der Waals surface area contributed by atoms with E-state index in [1.54, 1.807) is 48.5 Å². The molecule has 1 fully saturated rings. The molecule has 2 amide bonds. The predicted octanol–water partition coefficient (Wildman–Crippen LogP) is 3.22. The fourth-order valence-electron chi connectivity index (χ4n) is 2.43. The number of benzene rings is 2. The van der Waals surface area contributed by atoms with Crippen LogP contribution in [0.3, 0.4) is 0 Å². The Morgan fingerprint density at radius 2 is 1.43 bits per heavy atom. The highest BCUT2D eigenvalue weighted by Gasteiger charge is 2.34. The first kappa shape index (κ1) is 15.6. The van der Waals surface area contributed by atoms with E-state index in [-0.39, 0.29) is 16.9 Å². The molecule has 1 heterocycles. The summed E-state index contributed by atoms with van der Waals surface area (Å²) >= 11 is 11.4. The van der Waals surface area contributed by atoms with Crippen LogP contribution in [0, 0.1) is 0 Å². The van der Waals surface area contributed by atoms with Crippen LogP contribution in [-0.2, 0) is 0 Å². The molecule has 0 aromatic heterocycles. The van der Waals surface area contributed by atoms with E-state index < -0.39 is 0 Å². The molecular weight excluding hydrogens is 332 g/mol. The van der Waals surface area contributed by atoms with Gasteiger partial charge in [0.15, 0.2) is 5.11 Å². The molecular formula is C17H13ClN2O2S. The van der Waals surface area contributed by atoms with E-state index in [4.69, 9.17) is 23.8 Å². The minimum atomic E-state index is -0.288. The molecule has 2 aromatic rings. The molecule has 0 spiro atoms. The summed E-state index contributed by atoms with van der Waals surface area (Å²) < 4.78 is 0. The van der Waals surface area contributed by atoms with Gasteiger partial charge in [0.25, 0.3) is 11.8 Å². The molecule has 0 bridgehead atoms. The fraction of sp³-hybridized carbons (Fsp3) is 0.118.